The third-order valence-corrected chi connectivity index (χ3v) is 3.85. The van der Waals surface area contributed by atoms with Crippen LogP contribution in [-0.4, -0.2) is 17.1 Å². The smallest absolute Gasteiger partial charge is 0.345 e. The van der Waals surface area contributed by atoms with E-state index in [1.54, 1.807) is 6.92 Å². The Balaban J connectivity index is 2.89. The van der Waals surface area contributed by atoms with E-state index in [1.165, 1.54) is 23.7 Å². The van der Waals surface area contributed by atoms with Crippen LogP contribution in [0.15, 0.2) is 21.4 Å². The average Bonchev–Trinajstić information content (AvgIpc) is 2.39. The summed E-state index contributed by atoms with van der Waals surface area (Å²) in [5, 5.41) is 0.354. The summed E-state index contributed by atoms with van der Waals surface area (Å²) in [6.45, 7) is 1.76. The third kappa shape index (κ3) is 2.33. The minimum absolute atomic E-state index is 0.0396. The lowest BCUT2D eigenvalue weighted by molar-refractivity contribution is 0.0524. The number of hydrogen-bond donors (Lipinski definition) is 0. The summed E-state index contributed by atoms with van der Waals surface area (Å²) in [6, 6.07) is 2.61. The van der Waals surface area contributed by atoms with Crippen LogP contribution in [0.25, 0.3) is 10.9 Å². The molecule has 1 aromatic heterocycles. The highest BCUT2D eigenvalue weighted by Gasteiger charge is 2.22. The molecule has 0 spiro atoms. The minimum Gasteiger partial charge on any atom is -0.462 e. The maximum absolute atomic E-state index is 13.6. The molecule has 0 unspecified atom stereocenters. The van der Waals surface area contributed by atoms with Gasteiger partial charge in [0.05, 0.1) is 21.6 Å². The highest BCUT2D eigenvalue weighted by Crippen LogP contribution is 2.29. The van der Waals surface area contributed by atoms with Crippen molar-refractivity contribution in [1.82, 2.24) is 4.57 Å². The van der Waals surface area contributed by atoms with Gasteiger partial charge < -0.3 is 9.30 Å². The van der Waals surface area contributed by atoms with Gasteiger partial charge in [0.1, 0.15) is 11.4 Å². The first-order valence-electron chi connectivity index (χ1n) is 5.72. The van der Waals surface area contributed by atoms with Crippen molar-refractivity contribution in [2.24, 2.45) is 7.05 Å². The second-order valence-electron chi connectivity index (χ2n) is 4.06. The Morgan fingerprint density at radius 3 is 2.75 bits per heavy atom. The van der Waals surface area contributed by atoms with Crippen LogP contribution in [0.1, 0.15) is 17.3 Å². The van der Waals surface area contributed by atoms with Crippen LogP contribution in [0.4, 0.5) is 4.39 Å². The number of pyridine rings is 1. The summed E-state index contributed by atoms with van der Waals surface area (Å²) >= 11 is 9.17. The van der Waals surface area contributed by atoms with Gasteiger partial charge >= 0.3 is 5.97 Å². The van der Waals surface area contributed by atoms with Gasteiger partial charge in [0.25, 0.3) is 5.56 Å². The highest BCUT2D eigenvalue weighted by atomic mass is 79.9. The molecule has 2 aromatic rings. The SMILES string of the molecule is CCOC(=O)c1c(Cl)c2cc(Br)c(F)cc2n(C)c1=O. The molecule has 0 N–H and O–H groups in total. The molecule has 0 radical (unpaired) electrons. The van der Waals surface area contributed by atoms with Crippen LogP contribution < -0.4 is 5.56 Å². The van der Waals surface area contributed by atoms with E-state index in [9.17, 15) is 14.0 Å². The number of aryl methyl sites for hydroxylation is 1. The number of carbonyl (C=O) groups excluding carboxylic acids is 1. The molecule has 1 heterocycles. The van der Waals surface area contributed by atoms with E-state index >= 15 is 0 Å². The van der Waals surface area contributed by atoms with Crippen molar-refractivity contribution < 1.29 is 13.9 Å². The minimum atomic E-state index is -0.791. The van der Waals surface area contributed by atoms with Gasteiger partial charge in [0.15, 0.2) is 0 Å². The number of benzene rings is 1. The van der Waals surface area contributed by atoms with Crippen molar-refractivity contribution in [1.29, 1.82) is 0 Å². The lowest BCUT2D eigenvalue weighted by Gasteiger charge is -2.11. The van der Waals surface area contributed by atoms with Crippen molar-refractivity contribution in [3.63, 3.8) is 0 Å². The molecule has 0 bridgehead atoms. The normalized spacial score (nSPS) is 10.8. The quantitative estimate of drug-likeness (QED) is 0.771. The first kappa shape index (κ1) is 15.0. The molecule has 0 amide bonds. The summed E-state index contributed by atoms with van der Waals surface area (Å²) in [6.07, 6.45) is 0. The van der Waals surface area contributed by atoms with E-state index in [4.69, 9.17) is 16.3 Å². The fourth-order valence-electron chi connectivity index (χ4n) is 1.88. The monoisotopic (exact) mass is 361 g/mol. The van der Waals surface area contributed by atoms with Gasteiger partial charge in [-0.05, 0) is 35.0 Å². The summed E-state index contributed by atoms with van der Waals surface area (Å²) in [4.78, 5) is 24.0. The topological polar surface area (TPSA) is 48.3 Å². The van der Waals surface area contributed by atoms with E-state index in [0.29, 0.717) is 10.9 Å². The zero-order chi connectivity index (χ0) is 15.0. The fraction of sp³-hybridized carbons (Fsp3) is 0.231. The van der Waals surface area contributed by atoms with Gasteiger partial charge in [0, 0.05) is 12.4 Å². The molecule has 4 nitrogen and oxygen atoms in total. The molecule has 0 aliphatic rings. The second-order valence-corrected chi connectivity index (χ2v) is 5.29. The lowest BCUT2D eigenvalue weighted by Crippen LogP contribution is -2.26. The molecule has 20 heavy (non-hydrogen) atoms. The molecule has 0 saturated heterocycles. The Labute approximate surface area is 127 Å². The molecule has 0 aliphatic carbocycles. The second kappa shape index (κ2) is 5.54. The molecule has 0 saturated carbocycles. The summed E-state index contributed by atoms with van der Waals surface area (Å²) in [5.74, 6) is -1.31. The first-order chi connectivity index (χ1) is 9.38. The van der Waals surface area contributed by atoms with E-state index in [1.807, 2.05) is 0 Å². The van der Waals surface area contributed by atoms with Crippen LogP contribution in [-0.2, 0) is 11.8 Å². The fourth-order valence-corrected chi connectivity index (χ4v) is 2.53. The van der Waals surface area contributed by atoms with E-state index < -0.39 is 17.3 Å². The van der Waals surface area contributed by atoms with Gasteiger partial charge in [-0.3, -0.25) is 4.79 Å². The zero-order valence-electron chi connectivity index (χ0n) is 10.7. The largest absolute Gasteiger partial charge is 0.462 e. The van der Waals surface area contributed by atoms with Crippen LogP contribution in [0.3, 0.4) is 0 Å². The molecule has 0 fully saturated rings. The van der Waals surface area contributed by atoms with Crippen molar-refractivity contribution in [2.45, 2.75) is 6.92 Å². The maximum atomic E-state index is 13.6. The van der Waals surface area contributed by atoms with Crippen molar-refractivity contribution in [3.8, 4) is 0 Å². The Hall–Kier alpha value is -1.40. The number of esters is 1. The van der Waals surface area contributed by atoms with Gasteiger partial charge in [-0.25, -0.2) is 9.18 Å². The van der Waals surface area contributed by atoms with Crippen molar-refractivity contribution in [2.75, 3.05) is 6.61 Å². The predicted octanol–water partition coefficient (Wildman–Crippen LogP) is 3.27. The molecule has 106 valence electrons. The Kier molecular flexibility index (Phi) is 4.15. The zero-order valence-corrected chi connectivity index (χ0v) is 13.0. The molecular weight excluding hydrogens is 353 g/mol. The summed E-state index contributed by atoms with van der Waals surface area (Å²) in [5.41, 5.74) is -0.571. The van der Waals surface area contributed by atoms with Crippen molar-refractivity contribution >= 4 is 44.4 Å². The number of fused-ring (bicyclic) bond motifs is 1. The Bertz CT molecular complexity index is 773. The number of carbonyl (C=O) groups is 1. The van der Waals surface area contributed by atoms with Gasteiger partial charge in [0.2, 0.25) is 0 Å². The van der Waals surface area contributed by atoms with E-state index in [0.717, 1.165) is 0 Å². The molecule has 1 aromatic carbocycles. The highest BCUT2D eigenvalue weighted by molar-refractivity contribution is 9.10. The maximum Gasteiger partial charge on any atom is 0.345 e. The van der Waals surface area contributed by atoms with E-state index in [2.05, 4.69) is 15.9 Å². The predicted molar refractivity (Wildman–Crippen MR) is 77.8 cm³/mol. The van der Waals surface area contributed by atoms with Crippen LogP contribution in [0.2, 0.25) is 5.02 Å². The summed E-state index contributed by atoms with van der Waals surface area (Å²) < 4.78 is 19.8. The van der Waals surface area contributed by atoms with Crippen molar-refractivity contribution in [3.05, 3.63) is 43.4 Å². The van der Waals surface area contributed by atoms with E-state index in [-0.39, 0.29) is 21.7 Å². The summed E-state index contributed by atoms with van der Waals surface area (Å²) in [7, 11) is 1.44. The molecular formula is C13H10BrClFNO3. The Morgan fingerprint density at radius 1 is 1.50 bits per heavy atom. The molecule has 0 aliphatic heterocycles. The number of halogens is 3. The molecule has 0 atom stereocenters. The number of hydrogen-bond acceptors (Lipinski definition) is 3. The Morgan fingerprint density at radius 2 is 2.15 bits per heavy atom. The number of rotatable bonds is 2. The number of nitrogens with zero attached hydrogens (tertiary/aromatic N) is 1. The van der Waals surface area contributed by atoms with Gasteiger partial charge in [-0.2, -0.15) is 0 Å². The first-order valence-corrected chi connectivity index (χ1v) is 6.90. The number of aromatic nitrogens is 1. The molecule has 7 heteroatoms. The average molecular weight is 363 g/mol. The van der Waals surface area contributed by atoms with Gasteiger partial charge in [-0.15, -0.1) is 0 Å². The van der Waals surface area contributed by atoms with Crippen LogP contribution in [0.5, 0.6) is 0 Å². The number of ether oxygens (including phenoxy) is 1. The molecule has 2 rings (SSSR count). The van der Waals surface area contributed by atoms with Gasteiger partial charge in [-0.1, -0.05) is 11.6 Å². The standard InChI is InChI=1S/C13H10BrClFNO3/c1-3-20-13(19)10-11(15)6-4-7(14)8(16)5-9(6)17(2)12(10)18/h4-5H,3H2,1-2H3. The lowest BCUT2D eigenvalue weighted by atomic mass is 10.1. The van der Waals surface area contributed by atoms with Crippen LogP contribution >= 0.6 is 27.5 Å². The van der Waals surface area contributed by atoms with Crippen LogP contribution in [0, 0.1) is 5.82 Å². The third-order valence-electron chi connectivity index (χ3n) is 2.85.